The van der Waals surface area contributed by atoms with Crippen LogP contribution in [0.3, 0.4) is 0 Å². The van der Waals surface area contributed by atoms with Crippen LogP contribution in [0, 0.1) is 5.92 Å². The van der Waals surface area contributed by atoms with E-state index in [0.29, 0.717) is 25.2 Å². The Balaban J connectivity index is 2.51. The fourth-order valence-corrected chi connectivity index (χ4v) is 2.91. The maximum Gasteiger partial charge on any atom is 0.220 e. The van der Waals surface area contributed by atoms with E-state index in [2.05, 4.69) is 10.5 Å². The minimum absolute atomic E-state index is 0.00204. The predicted octanol–water partition coefficient (Wildman–Crippen LogP) is 2.38. The molecule has 0 unspecified atom stereocenters. The number of rotatable bonds is 7. The molecule has 19 heavy (non-hydrogen) atoms. The number of amides is 1. The summed E-state index contributed by atoms with van der Waals surface area (Å²) >= 11 is 0. The first kappa shape index (κ1) is 15.8. The summed E-state index contributed by atoms with van der Waals surface area (Å²) in [5.41, 5.74) is 5.02. The maximum absolute atomic E-state index is 12.1. The van der Waals surface area contributed by atoms with Gasteiger partial charge in [-0.2, -0.15) is 0 Å². The molecule has 1 fully saturated rings. The van der Waals surface area contributed by atoms with Crippen molar-refractivity contribution in [3.05, 3.63) is 0 Å². The molecule has 1 saturated carbocycles. The van der Waals surface area contributed by atoms with E-state index < -0.39 is 5.54 Å². The number of hydrogen-bond donors (Lipinski definition) is 3. The normalized spacial score (nSPS) is 17.7. The molecule has 5 nitrogen and oxygen atoms in total. The van der Waals surface area contributed by atoms with Crippen LogP contribution in [0.4, 0.5) is 0 Å². The Labute approximate surface area is 115 Å². The van der Waals surface area contributed by atoms with Gasteiger partial charge in [-0.05, 0) is 25.2 Å². The fraction of sp³-hybridized carbons (Fsp3) is 0.857. The lowest BCUT2D eigenvalue weighted by Crippen LogP contribution is -2.56. The van der Waals surface area contributed by atoms with Crippen LogP contribution in [0.25, 0.3) is 0 Å². The molecule has 0 atom stereocenters. The van der Waals surface area contributed by atoms with Crippen molar-refractivity contribution in [2.24, 2.45) is 16.8 Å². The third-order valence-corrected chi connectivity index (χ3v) is 4.44. The lowest BCUT2D eigenvalue weighted by Gasteiger charge is -2.31. The molecule has 0 saturated heterocycles. The van der Waals surface area contributed by atoms with E-state index in [1.54, 1.807) is 0 Å². The molecule has 0 radical (unpaired) electrons. The quantitative estimate of drug-likeness (QED) is 0.287. The molecule has 0 bridgehead atoms. The monoisotopic (exact) mass is 269 g/mol. The van der Waals surface area contributed by atoms with Crippen molar-refractivity contribution in [1.29, 1.82) is 0 Å². The van der Waals surface area contributed by atoms with Gasteiger partial charge in [0.25, 0.3) is 0 Å². The minimum Gasteiger partial charge on any atom is -0.409 e. The fourth-order valence-electron chi connectivity index (χ4n) is 2.91. The highest BCUT2D eigenvalue weighted by Gasteiger charge is 2.33. The van der Waals surface area contributed by atoms with E-state index in [9.17, 15) is 4.79 Å². The molecule has 1 aliphatic rings. The number of oxime groups is 1. The number of nitrogens with one attached hydrogen (secondary N) is 1. The summed E-state index contributed by atoms with van der Waals surface area (Å²) in [6.45, 7) is 3.86. The van der Waals surface area contributed by atoms with Gasteiger partial charge in [0.1, 0.15) is 5.54 Å². The van der Waals surface area contributed by atoms with Crippen molar-refractivity contribution in [3.8, 4) is 0 Å². The summed E-state index contributed by atoms with van der Waals surface area (Å²) in [5.74, 6) is 0.793. The predicted molar refractivity (Wildman–Crippen MR) is 76.1 cm³/mol. The van der Waals surface area contributed by atoms with Crippen LogP contribution < -0.4 is 11.1 Å². The van der Waals surface area contributed by atoms with Crippen LogP contribution >= 0.6 is 0 Å². The Morgan fingerprint density at radius 1 is 1.37 bits per heavy atom. The van der Waals surface area contributed by atoms with Gasteiger partial charge in [-0.15, -0.1) is 0 Å². The van der Waals surface area contributed by atoms with E-state index in [4.69, 9.17) is 10.9 Å². The van der Waals surface area contributed by atoms with Gasteiger partial charge in [0, 0.05) is 6.42 Å². The summed E-state index contributed by atoms with van der Waals surface area (Å²) in [7, 11) is 0. The molecule has 5 heteroatoms. The van der Waals surface area contributed by atoms with E-state index in [1.165, 1.54) is 25.7 Å². The summed E-state index contributed by atoms with van der Waals surface area (Å²) in [5, 5.41) is 14.9. The van der Waals surface area contributed by atoms with Crippen molar-refractivity contribution < 1.29 is 10.0 Å². The topological polar surface area (TPSA) is 87.7 Å². The van der Waals surface area contributed by atoms with E-state index in [-0.39, 0.29) is 11.7 Å². The van der Waals surface area contributed by atoms with E-state index in [0.717, 1.165) is 6.42 Å². The molecular formula is C14H27N3O2. The molecule has 1 aliphatic carbocycles. The van der Waals surface area contributed by atoms with E-state index in [1.807, 2.05) is 13.8 Å². The number of amidine groups is 1. The highest BCUT2D eigenvalue weighted by atomic mass is 16.4. The van der Waals surface area contributed by atoms with Crippen molar-refractivity contribution in [2.45, 2.75) is 70.8 Å². The van der Waals surface area contributed by atoms with Crippen molar-refractivity contribution >= 4 is 11.7 Å². The third-order valence-electron chi connectivity index (χ3n) is 4.44. The Hall–Kier alpha value is -1.26. The zero-order valence-corrected chi connectivity index (χ0v) is 12.1. The highest BCUT2D eigenvalue weighted by molar-refractivity contribution is 5.93. The van der Waals surface area contributed by atoms with Crippen LogP contribution in [0.2, 0.25) is 0 Å². The standard InChI is InChI=1S/C14H27N3O2/c1-3-14(4-2,13(15)17-19)16-12(18)10-9-11-7-5-6-8-11/h11,19H,3-10H2,1-2H3,(H2,15,17)(H,16,18). The lowest BCUT2D eigenvalue weighted by atomic mass is 9.90. The maximum atomic E-state index is 12.1. The van der Waals surface area contributed by atoms with Gasteiger partial charge >= 0.3 is 0 Å². The molecule has 0 aromatic carbocycles. The van der Waals surface area contributed by atoms with Crippen molar-refractivity contribution in [3.63, 3.8) is 0 Å². The molecular weight excluding hydrogens is 242 g/mol. The highest BCUT2D eigenvalue weighted by Crippen LogP contribution is 2.28. The average molecular weight is 269 g/mol. The second kappa shape index (κ2) is 7.36. The third kappa shape index (κ3) is 4.11. The van der Waals surface area contributed by atoms with Gasteiger partial charge in [0.05, 0.1) is 0 Å². The molecule has 1 amide bonds. The summed E-state index contributed by atoms with van der Waals surface area (Å²) in [6.07, 6.45) is 7.81. The first-order chi connectivity index (χ1) is 9.07. The number of nitrogens with zero attached hydrogens (tertiary/aromatic N) is 1. The van der Waals surface area contributed by atoms with Crippen LogP contribution in [0.15, 0.2) is 5.16 Å². The Kier molecular flexibility index (Phi) is 6.12. The smallest absolute Gasteiger partial charge is 0.220 e. The average Bonchev–Trinajstić information content (AvgIpc) is 2.95. The van der Waals surface area contributed by atoms with Gasteiger partial charge in [0.2, 0.25) is 5.91 Å². The molecule has 0 aromatic heterocycles. The summed E-state index contributed by atoms with van der Waals surface area (Å²) < 4.78 is 0. The second-order valence-electron chi connectivity index (χ2n) is 5.51. The Morgan fingerprint density at radius 3 is 2.42 bits per heavy atom. The molecule has 0 aromatic rings. The zero-order valence-electron chi connectivity index (χ0n) is 12.1. The summed E-state index contributed by atoms with van der Waals surface area (Å²) in [4.78, 5) is 12.1. The molecule has 0 spiro atoms. The van der Waals surface area contributed by atoms with Gasteiger partial charge < -0.3 is 16.3 Å². The number of hydrogen-bond acceptors (Lipinski definition) is 3. The zero-order chi connectivity index (χ0) is 14.3. The van der Waals surface area contributed by atoms with Gasteiger partial charge in [0.15, 0.2) is 5.84 Å². The molecule has 1 rings (SSSR count). The molecule has 4 N–H and O–H groups in total. The Morgan fingerprint density at radius 2 is 1.95 bits per heavy atom. The largest absolute Gasteiger partial charge is 0.409 e. The van der Waals surface area contributed by atoms with Crippen LogP contribution in [-0.4, -0.2) is 22.5 Å². The first-order valence-electron chi connectivity index (χ1n) is 7.37. The van der Waals surface area contributed by atoms with Crippen LogP contribution in [0.1, 0.15) is 65.2 Å². The molecule has 110 valence electrons. The minimum atomic E-state index is -0.707. The van der Waals surface area contributed by atoms with Crippen LogP contribution in [-0.2, 0) is 4.79 Å². The summed E-state index contributed by atoms with van der Waals surface area (Å²) in [6, 6.07) is 0. The van der Waals surface area contributed by atoms with Gasteiger partial charge in [-0.1, -0.05) is 44.7 Å². The number of carbonyl (C=O) groups excluding carboxylic acids is 1. The second-order valence-corrected chi connectivity index (χ2v) is 5.51. The van der Waals surface area contributed by atoms with Crippen molar-refractivity contribution in [2.75, 3.05) is 0 Å². The van der Waals surface area contributed by atoms with Crippen LogP contribution in [0.5, 0.6) is 0 Å². The molecule has 0 heterocycles. The first-order valence-corrected chi connectivity index (χ1v) is 7.37. The number of nitrogens with two attached hydrogens (primary N) is 1. The van der Waals surface area contributed by atoms with E-state index >= 15 is 0 Å². The SMILES string of the molecule is CCC(CC)(NC(=O)CCC1CCCC1)/C(N)=N/O. The van der Waals surface area contributed by atoms with Gasteiger partial charge in [-0.25, -0.2) is 0 Å². The lowest BCUT2D eigenvalue weighted by molar-refractivity contribution is -0.122. The molecule has 0 aliphatic heterocycles. The van der Waals surface area contributed by atoms with Gasteiger partial charge in [-0.3, -0.25) is 4.79 Å². The Bertz CT molecular complexity index is 319. The number of carbonyl (C=O) groups is 1. The van der Waals surface area contributed by atoms with Crippen molar-refractivity contribution in [1.82, 2.24) is 5.32 Å².